The lowest BCUT2D eigenvalue weighted by atomic mass is 9.89. The molecule has 0 radical (unpaired) electrons. The van der Waals surface area contributed by atoms with Gasteiger partial charge in [0.2, 0.25) is 0 Å². The molecule has 0 unspecified atom stereocenters. The van der Waals surface area contributed by atoms with E-state index in [1.54, 1.807) is 13.8 Å². The van der Waals surface area contributed by atoms with Gasteiger partial charge in [-0.05, 0) is 98.6 Å². The monoisotopic (exact) mass is 470 g/mol. The van der Waals surface area contributed by atoms with Gasteiger partial charge in [-0.15, -0.1) is 0 Å². The number of esters is 1. The van der Waals surface area contributed by atoms with Gasteiger partial charge >= 0.3 is 5.97 Å². The van der Waals surface area contributed by atoms with Crippen LogP contribution in [0, 0.1) is 0 Å². The van der Waals surface area contributed by atoms with E-state index in [1.165, 1.54) is 30.2 Å². The highest BCUT2D eigenvalue weighted by Crippen LogP contribution is 2.26. The number of aliphatic hydroxyl groups is 1. The Labute approximate surface area is 205 Å². The van der Waals surface area contributed by atoms with Crippen LogP contribution in [-0.2, 0) is 19.1 Å². The maximum Gasteiger partial charge on any atom is 0.303 e. The van der Waals surface area contributed by atoms with Crippen LogP contribution < -0.4 is 0 Å². The van der Waals surface area contributed by atoms with E-state index >= 15 is 0 Å². The summed E-state index contributed by atoms with van der Waals surface area (Å²) in [6.45, 7) is 12.9. The van der Waals surface area contributed by atoms with E-state index in [0.29, 0.717) is 30.4 Å². The lowest BCUT2D eigenvalue weighted by molar-refractivity contribution is -0.162. The second kappa shape index (κ2) is 14.0. The van der Waals surface area contributed by atoms with Crippen LogP contribution in [-0.4, -0.2) is 34.3 Å². The molecule has 1 aliphatic carbocycles. The molecule has 0 spiro atoms. The summed E-state index contributed by atoms with van der Waals surface area (Å²) < 4.78 is 5.47. The fourth-order valence-electron chi connectivity index (χ4n) is 3.77. The first-order chi connectivity index (χ1) is 15.8. The molecule has 2 atom stereocenters. The number of hydrogen-bond acceptors (Lipinski definition) is 5. The summed E-state index contributed by atoms with van der Waals surface area (Å²) in [7, 11) is 0. The largest absolute Gasteiger partial charge is 0.459 e. The maximum absolute atomic E-state index is 12.0. The van der Waals surface area contributed by atoms with Crippen LogP contribution in [0.2, 0.25) is 0 Å². The first-order valence-corrected chi connectivity index (χ1v) is 12.1. The molecule has 1 rings (SSSR count). The summed E-state index contributed by atoms with van der Waals surface area (Å²) in [6.07, 6.45) is 13.3. The van der Waals surface area contributed by atoms with Gasteiger partial charge in [-0.1, -0.05) is 34.9 Å². The van der Waals surface area contributed by atoms with E-state index in [4.69, 9.17) is 4.74 Å². The summed E-state index contributed by atoms with van der Waals surface area (Å²) in [6, 6.07) is 0. The van der Waals surface area contributed by atoms with Crippen molar-refractivity contribution in [2.75, 3.05) is 0 Å². The Morgan fingerprint density at radius 2 is 1.62 bits per heavy atom. The number of rotatable bonds is 13. The predicted molar refractivity (Wildman–Crippen MR) is 137 cm³/mol. The summed E-state index contributed by atoms with van der Waals surface area (Å²) >= 11 is 0. The normalized spacial score (nSPS) is 17.5. The van der Waals surface area contributed by atoms with Gasteiger partial charge < -0.3 is 9.84 Å². The standard InChI is InChI=1S/C29H42O5/c1-20(2)10-9-17-29(7,33)28(34-24(6)30)16-14-22(4)12-8-11-21(3)13-15-25-19-26(31)23(5)18-27(25)32/h10,12-13,18-19,28,33H,8-9,11,14-17H2,1-7H3/b21-13+,22-12+/t28-,29+/m1/s1. The average molecular weight is 471 g/mol. The molecule has 0 heterocycles. The van der Waals surface area contributed by atoms with Crippen LogP contribution in [0.15, 0.2) is 58.2 Å². The SMILES string of the molecule is CC(=O)O[C@H](CC/C(C)=C/CC/C(C)=C/CC1=CC(=O)C(C)=CC1=O)[C@@](C)(O)CCC=C(C)C. The average Bonchev–Trinajstić information content (AvgIpc) is 2.72. The van der Waals surface area contributed by atoms with Gasteiger partial charge in [-0.25, -0.2) is 0 Å². The van der Waals surface area contributed by atoms with Crippen molar-refractivity contribution in [1.29, 1.82) is 0 Å². The number of ketones is 2. The van der Waals surface area contributed by atoms with Crippen LogP contribution in [0.4, 0.5) is 0 Å². The van der Waals surface area contributed by atoms with Crippen LogP contribution >= 0.6 is 0 Å². The number of hydrogen-bond donors (Lipinski definition) is 1. The third kappa shape index (κ3) is 11.1. The molecule has 5 nitrogen and oxygen atoms in total. The number of ether oxygens (including phenoxy) is 1. The Hall–Kier alpha value is -2.53. The molecule has 0 saturated carbocycles. The van der Waals surface area contributed by atoms with Gasteiger partial charge in [0.25, 0.3) is 0 Å². The Morgan fingerprint density at radius 1 is 0.971 bits per heavy atom. The van der Waals surface area contributed by atoms with Crippen LogP contribution in [0.1, 0.15) is 93.4 Å². The molecular formula is C29H42O5. The number of carbonyl (C=O) groups excluding carboxylic acids is 3. The molecular weight excluding hydrogens is 428 g/mol. The van der Waals surface area contributed by atoms with Crippen LogP contribution in [0.25, 0.3) is 0 Å². The van der Waals surface area contributed by atoms with E-state index < -0.39 is 11.7 Å². The number of carbonyl (C=O) groups is 3. The second-order valence-corrected chi connectivity index (χ2v) is 9.88. The quantitative estimate of drug-likeness (QED) is 0.195. The molecule has 0 saturated heterocycles. The molecule has 0 aliphatic heterocycles. The second-order valence-electron chi connectivity index (χ2n) is 9.88. The van der Waals surface area contributed by atoms with Gasteiger partial charge in [-0.3, -0.25) is 14.4 Å². The molecule has 188 valence electrons. The molecule has 1 N–H and O–H groups in total. The lowest BCUT2D eigenvalue weighted by Crippen LogP contribution is -2.42. The van der Waals surface area contributed by atoms with Crippen molar-refractivity contribution in [3.63, 3.8) is 0 Å². The summed E-state index contributed by atoms with van der Waals surface area (Å²) in [4.78, 5) is 35.4. The van der Waals surface area contributed by atoms with Crippen molar-refractivity contribution >= 4 is 17.5 Å². The van der Waals surface area contributed by atoms with E-state index in [2.05, 4.69) is 12.2 Å². The van der Waals surface area contributed by atoms with Crippen LogP contribution in [0.3, 0.4) is 0 Å². The maximum atomic E-state index is 12.0. The van der Waals surface area contributed by atoms with Crippen molar-refractivity contribution in [3.05, 3.63) is 58.2 Å². The minimum absolute atomic E-state index is 0.0871. The zero-order chi connectivity index (χ0) is 25.9. The van der Waals surface area contributed by atoms with E-state index in [1.807, 2.05) is 33.8 Å². The molecule has 0 fully saturated rings. The zero-order valence-electron chi connectivity index (χ0n) is 22.0. The third-order valence-electron chi connectivity index (χ3n) is 6.07. The fraction of sp³-hybridized carbons (Fsp3) is 0.552. The molecule has 0 bridgehead atoms. The van der Waals surface area contributed by atoms with Gasteiger partial charge in [0.15, 0.2) is 11.6 Å². The van der Waals surface area contributed by atoms with Crippen molar-refractivity contribution in [2.45, 2.75) is 105 Å². The van der Waals surface area contributed by atoms with Gasteiger partial charge in [0.05, 0.1) is 5.60 Å². The van der Waals surface area contributed by atoms with Gasteiger partial charge in [0, 0.05) is 18.1 Å². The Bertz CT molecular complexity index is 905. The highest BCUT2D eigenvalue weighted by molar-refractivity contribution is 6.19. The lowest BCUT2D eigenvalue weighted by Gasteiger charge is -2.32. The van der Waals surface area contributed by atoms with Crippen molar-refractivity contribution in [1.82, 2.24) is 0 Å². The summed E-state index contributed by atoms with van der Waals surface area (Å²) in [5.41, 5.74) is 3.48. The predicted octanol–water partition coefficient (Wildman–Crippen LogP) is 6.28. The number of allylic oxidation sites excluding steroid dienone is 10. The highest BCUT2D eigenvalue weighted by atomic mass is 16.6. The minimum atomic E-state index is -1.09. The van der Waals surface area contributed by atoms with Crippen molar-refractivity contribution in [2.24, 2.45) is 0 Å². The fourth-order valence-corrected chi connectivity index (χ4v) is 3.77. The summed E-state index contributed by atoms with van der Waals surface area (Å²) in [5, 5.41) is 10.9. The highest BCUT2D eigenvalue weighted by Gasteiger charge is 2.33. The van der Waals surface area contributed by atoms with E-state index in [-0.39, 0.29) is 17.5 Å². The third-order valence-corrected chi connectivity index (χ3v) is 6.07. The minimum Gasteiger partial charge on any atom is -0.459 e. The summed E-state index contributed by atoms with van der Waals surface area (Å²) in [5.74, 6) is -0.563. The topological polar surface area (TPSA) is 80.7 Å². The van der Waals surface area contributed by atoms with Gasteiger partial charge in [-0.2, -0.15) is 0 Å². The molecule has 0 aromatic heterocycles. The smallest absolute Gasteiger partial charge is 0.303 e. The Morgan fingerprint density at radius 3 is 2.24 bits per heavy atom. The molecule has 0 aromatic carbocycles. The first-order valence-electron chi connectivity index (χ1n) is 12.1. The van der Waals surface area contributed by atoms with Crippen LogP contribution in [0.5, 0.6) is 0 Å². The van der Waals surface area contributed by atoms with Gasteiger partial charge in [0.1, 0.15) is 6.10 Å². The molecule has 1 aliphatic rings. The zero-order valence-corrected chi connectivity index (χ0v) is 22.0. The van der Waals surface area contributed by atoms with Crippen molar-refractivity contribution in [3.8, 4) is 0 Å². The molecule has 0 amide bonds. The molecule has 34 heavy (non-hydrogen) atoms. The van der Waals surface area contributed by atoms with E-state index in [9.17, 15) is 19.5 Å². The molecule has 0 aromatic rings. The van der Waals surface area contributed by atoms with Crippen molar-refractivity contribution < 1.29 is 24.2 Å². The Balaban J connectivity index is 2.59. The first kappa shape index (κ1) is 29.5. The van der Waals surface area contributed by atoms with E-state index in [0.717, 1.165) is 31.3 Å². The Kier molecular flexibility index (Phi) is 12.2. The molecule has 5 heteroatoms.